The molecular weight excluding hydrogens is 595 g/mol. The van der Waals surface area contributed by atoms with Gasteiger partial charge < -0.3 is 25.2 Å². The minimum absolute atomic E-state index is 0. The molecule has 45 heavy (non-hydrogen) atoms. The number of rotatable bonds is 9. The monoisotopic (exact) mass is 660 g/mol. The van der Waals surface area contributed by atoms with Crippen molar-refractivity contribution in [1.82, 2.24) is 0 Å². The van der Waals surface area contributed by atoms with Crippen LogP contribution in [0.2, 0.25) is 0 Å². The summed E-state index contributed by atoms with van der Waals surface area (Å²) in [6, 6.07) is 30.3. The minimum Gasteiger partial charge on any atom is -0.870 e. The van der Waals surface area contributed by atoms with Gasteiger partial charge in [0.1, 0.15) is 0 Å². The molecule has 0 atom stereocenters. The van der Waals surface area contributed by atoms with Crippen LogP contribution in [0, 0.1) is 0 Å². The Morgan fingerprint density at radius 2 is 0.778 bits per heavy atom. The molecule has 7 heteroatoms. The number of aliphatic hydroxyl groups excluding tert-OH is 2. The number of aliphatic hydroxyl groups is 2. The molecule has 0 saturated heterocycles. The van der Waals surface area contributed by atoms with Crippen molar-refractivity contribution >= 4 is 11.6 Å². The van der Waals surface area contributed by atoms with Crippen LogP contribution in [0.4, 0.5) is 0 Å². The minimum atomic E-state index is -0.125. The van der Waals surface area contributed by atoms with Gasteiger partial charge in [0.15, 0.2) is 0 Å². The number of alkyl halides is 1. The van der Waals surface area contributed by atoms with Crippen molar-refractivity contribution in [3.05, 3.63) is 146 Å². The third-order valence-electron chi connectivity index (χ3n) is 3.69. The fourth-order valence-electron chi connectivity index (χ4n) is 2.21. The largest absolute Gasteiger partial charge is 1.00 e. The maximum atomic E-state index is 7.62. The number of benzene rings is 3. The normalized spacial score (nSPS) is 7.33. The van der Waals surface area contributed by atoms with Gasteiger partial charge in [-0.3, -0.25) is 0 Å². The quantitative estimate of drug-likeness (QED) is 0.106. The van der Waals surface area contributed by atoms with Crippen molar-refractivity contribution < 1.29 is 54.7 Å². The molecule has 0 bridgehead atoms. The van der Waals surface area contributed by atoms with E-state index in [4.69, 9.17) is 31.3 Å². The smallest absolute Gasteiger partial charge is 0.870 e. The SMILES string of the molecule is C.C.C.C.C=CC.C=CC.C=CC.ClCc1ccccc1.OCCO.[Na+].[OH-].c1ccc(COCCOCc2ccccc2)cc1. The number of halogens is 1. The van der Waals surface area contributed by atoms with Crippen molar-refractivity contribution in [3.63, 3.8) is 0 Å². The van der Waals surface area contributed by atoms with Gasteiger partial charge in [-0.1, -0.05) is 139 Å². The van der Waals surface area contributed by atoms with Gasteiger partial charge in [-0.2, -0.15) is 0 Å². The molecule has 0 aliphatic heterocycles. The van der Waals surface area contributed by atoms with E-state index in [0.29, 0.717) is 32.3 Å². The van der Waals surface area contributed by atoms with E-state index in [-0.39, 0.29) is 78.0 Å². The number of hydrogen-bond acceptors (Lipinski definition) is 5. The number of hydrogen-bond donors (Lipinski definition) is 2. The van der Waals surface area contributed by atoms with Crippen molar-refractivity contribution in [2.24, 2.45) is 0 Å². The average Bonchev–Trinajstić information content (AvgIpc) is 2.98. The van der Waals surface area contributed by atoms with Gasteiger partial charge in [0.05, 0.1) is 39.6 Å². The first-order valence-electron chi connectivity index (χ1n) is 12.8. The Morgan fingerprint density at radius 1 is 0.556 bits per heavy atom. The summed E-state index contributed by atoms with van der Waals surface area (Å²) < 4.78 is 11.1. The summed E-state index contributed by atoms with van der Waals surface area (Å²) in [6.07, 6.45) is 5.25. The van der Waals surface area contributed by atoms with Crippen LogP contribution in [0.5, 0.6) is 0 Å². The van der Waals surface area contributed by atoms with E-state index in [1.54, 1.807) is 18.2 Å². The van der Waals surface area contributed by atoms with Crippen molar-refractivity contribution in [2.75, 3.05) is 26.4 Å². The van der Waals surface area contributed by atoms with Gasteiger partial charge in [0.25, 0.3) is 0 Å². The molecule has 0 saturated carbocycles. The molecule has 5 nitrogen and oxygen atoms in total. The molecule has 3 aromatic rings. The van der Waals surface area contributed by atoms with Gasteiger partial charge in [-0.15, -0.1) is 31.3 Å². The van der Waals surface area contributed by atoms with Gasteiger partial charge in [-0.05, 0) is 37.5 Å². The first-order valence-corrected chi connectivity index (χ1v) is 13.3. The maximum Gasteiger partial charge on any atom is 1.00 e. The maximum absolute atomic E-state index is 7.62. The van der Waals surface area contributed by atoms with Crippen LogP contribution in [0.25, 0.3) is 0 Å². The Balaban J connectivity index is -0.0000000584. The molecule has 0 unspecified atom stereocenters. The van der Waals surface area contributed by atoms with Crippen LogP contribution in [-0.4, -0.2) is 42.1 Å². The van der Waals surface area contributed by atoms with Crippen LogP contribution in [-0.2, 0) is 28.6 Å². The fraction of sp³-hybridized carbons (Fsp3) is 0.368. The molecule has 0 spiro atoms. The van der Waals surface area contributed by atoms with Crippen LogP contribution in [0.3, 0.4) is 0 Å². The van der Waals surface area contributed by atoms with Gasteiger partial charge in [-0.25, -0.2) is 0 Å². The molecule has 3 rings (SSSR count). The molecule has 0 fully saturated rings. The zero-order valence-electron chi connectivity index (χ0n) is 25.5. The van der Waals surface area contributed by atoms with E-state index >= 15 is 0 Å². The molecule has 0 aromatic heterocycles. The third kappa shape index (κ3) is 58.1. The Kier molecular flexibility index (Phi) is 89.0. The Bertz CT molecular complexity index is 807. The average molecular weight is 661 g/mol. The molecule has 3 N–H and O–H groups in total. The van der Waals surface area contributed by atoms with Crippen LogP contribution < -0.4 is 29.6 Å². The van der Waals surface area contributed by atoms with Crippen molar-refractivity contribution in [2.45, 2.75) is 69.6 Å². The second kappa shape index (κ2) is 61.0. The van der Waals surface area contributed by atoms with E-state index in [9.17, 15) is 0 Å². The summed E-state index contributed by atoms with van der Waals surface area (Å²) in [6.45, 7) is 18.1. The number of ether oxygens (including phenoxy) is 2. The number of allylic oxidation sites excluding steroid dienone is 3. The van der Waals surface area contributed by atoms with Crippen LogP contribution in [0.15, 0.2) is 129 Å². The van der Waals surface area contributed by atoms with Crippen molar-refractivity contribution in [1.29, 1.82) is 0 Å². The summed E-state index contributed by atoms with van der Waals surface area (Å²) in [7, 11) is 0. The summed E-state index contributed by atoms with van der Waals surface area (Å²) in [4.78, 5) is 0. The van der Waals surface area contributed by atoms with Gasteiger partial charge in [0, 0.05) is 5.88 Å². The fourth-order valence-corrected chi connectivity index (χ4v) is 2.39. The second-order valence-corrected chi connectivity index (χ2v) is 7.63. The second-order valence-electron chi connectivity index (χ2n) is 7.37. The Labute approximate surface area is 306 Å². The molecule has 0 heterocycles. The first-order chi connectivity index (χ1) is 19.0. The Morgan fingerprint density at radius 3 is 0.956 bits per heavy atom. The predicted molar refractivity (Wildman–Crippen MR) is 199 cm³/mol. The van der Waals surface area contributed by atoms with E-state index in [0.717, 1.165) is 0 Å². The molecule has 3 aromatic carbocycles. The summed E-state index contributed by atoms with van der Waals surface area (Å²) in [5.41, 5.74) is 3.57. The summed E-state index contributed by atoms with van der Waals surface area (Å²) >= 11 is 5.53. The summed E-state index contributed by atoms with van der Waals surface area (Å²) in [5.74, 6) is 0.612. The molecule has 0 amide bonds. The zero-order valence-corrected chi connectivity index (χ0v) is 28.3. The van der Waals surface area contributed by atoms with Crippen LogP contribution >= 0.6 is 11.6 Å². The zero-order chi connectivity index (χ0) is 29.8. The van der Waals surface area contributed by atoms with E-state index in [1.165, 1.54) is 16.7 Å². The van der Waals surface area contributed by atoms with Crippen LogP contribution in [0.1, 0.15) is 67.2 Å². The summed E-state index contributed by atoms with van der Waals surface area (Å²) in [5, 5.41) is 15.2. The molecule has 0 aliphatic carbocycles. The third-order valence-corrected chi connectivity index (χ3v) is 4.00. The van der Waals surface area contributed by atoms with Gasteiger partial charge >= 0.3 is 29.6 Å². The first kappa shape index (κ1) is 65.6. The van der Waals surface area contributed by atoms with Crippen molar-refractivity contribution in [3.8, 4) is 0 Å². The van der Waals surface area contributed by atoms with E-state index in [2.05, 4.69) is 44.0 Å². The molecular formula is C38H66ClNaO5. The van der Waals surface area contributed by atoms with Gasteiger partial charge in [0.2, 0.25) is 0 Å². The molecule has 0 radical (unpaired) electrons. The van der Waals surface area contributed by atoms with E-state index in [1.807, 2.05) is 87.5 Å². The molecule has 256 valence electrons. The standard InChI is InChI=1S/C16H18O2.C7H7Cl.3C3H6.C2H6O2.4CH4.Na.H2O/c1-3-7-15(8-4-1)13-17-11-12-18-14-16-9-5-2-6-10-16;8-6-7-4-2-1-3-5-7;3*1-3-2;3-1-2-4;;;;;;/h1-10H,11-14H2;1-5H,6H2;3*3H,1H2,2H3;3-4H,1-2H2;4*1H4;;1H2/q;;;;;;;;;;+1;/p-1. The predicted octanol–water partition coefficient (Wildman–Crippen LogP) is 7.76. The topological polar surface area (TPSA) is 88.9 Å². The Hall–Kier alpha value is -2.03. The van der Waals surface area contributed by atoms with E-state index < -0.39 is 0 Å². The molecule has 0 aliphatic rings.